The molecule has 0 aromatic carbocycles. The van der Waals surface area contributed by atoms with Gasteiger partial charge < -0.3 is 10.2 Å². The second-order valence-corrected chi connectivity index (χ2v) is 5.66. The smallest absolute Gasteiger partial charge is 0.254 e. The first-order valence-corrected chi connectivity index (χ1v) is 7.45. The van der Waals surface area contributed by atoms with Crippen LogP contribution in [0.5, 0.6) is 0 Å². The van der Waals surface area contributed by atoms with Crippen LogP contribution in [0.3, 0.4) is 0 Å². The molecule has 0 spiro atoms. The molecule has 0 bridgehead atoms. The molecular formula is C15H20N6O. The molecular weight excluding hydrogens is 280 g/mol. The minimum Gasteiger partial charge on any atom is -0.355 e. The fraction of sp³-hybridized carbons (Fsp3) is 0.467. The number of hydrogen-bond donors (Lipinski definition) is 1. The normalized spacial score (nSPS) is 15.8. The standard InChI is InChI=1S/C15H20N6O/c1-11-7-16-9-14(18-11)21-5-3-13(4-6-21)19-15(22)12-8-17-20(2)10-12/h7-10,13H,3-6H2,1-2H3,(H,19,22). The van der Waals surface area contributed by atoms with Crippen molar-refractivity contribution in [1.82, 2.24) is 25.1 Å². The summed E-state index contributed by atoms with van der Waals surface area (Å²) < 4.78 is 1.63. The van der Waals surface area contributed by atoms with E-state index in [0.29, 0.717) is 5.56 Å². The molecule has 1 N–H and O–H groups in total. The predicted molar refractivity (Wildman–Crippen MR) is 82.7 cm³/mol. The van der Waals surface area contributed by atoms with Gasteiger partial charge in [0.1, 0.15) is 5.82 Å². The molecule has 7 nitrogen and oxygen atoms in total. The molecule has 3 heterocycles. The van der Waals surface area contributed by atoms with Crippen molar-refractivity contribution in [2.45, 2.75) is 25.8 Å². The van der Waals surface area contributed by atoms with Crippen LogP contribution < -0.4 is 10.2 Å². The monoisotopic (exact) mass is 300 g/mol. The van der Waals surface area contributed by atoms with Gasteiger partial charge in [0.05, 0.1) is 23.7 Å². The molecule has 0 unspecified atom stereocenters. The summed E-state index contributed by atoms with van der Waals surface area (Å²) in [6, 6.07) is 0.196. The third kappa shape index (κ3) is 3.24. The average Bonchev–Trinajstić information content (AvgIpc) is 2.95. The molecule has 0 atom stereocenters. The van der Waals surface area contributed by atoms with Crippen molar-refractivity contribution in [2.75, 3.05) is 18.0 Å². The molecule has 1 amide bonds. The van der Waals surface area contributed by atoms with Gasteiger partial charge in [-0.3, -0.25) is 14.5 Å². The van der Waals surface area contributed by atoms with E-state index in [1.807, 2.05) is 6.92 Å². The van der Waals surface area contributed by atoms with Crippen LogP contribution in [-0.2, 0) is 7.05 Å². The van der Waals surface area contributed by atoms with Crippen molar-refractivity contribution in [1.29, 1.82) is 0 Å². The number of nitrogens with one attached hydrogen (secondary N) is 1. The van der Waals surface area contributed by atoms with Crippen molar-refractivity contribution < 1.29 is 4.79 Å². The highest BCUT2D eigenvalue weighted by atomic mass is 16.1. The molecule has 1 aliphatic heterocycles. The van der Waals surface area contributed by atoms with E-state index in [1.165, 1.54) is 0 Å². The summed E-state index contributed by atoms with van der Waals surface area (Å²) >= 11 is 0. The fourth-order valence-electron chi connectivity index (χ4n) is 2.66. The number of piperidine rings is 1. The van der Waals surface area contributed by atoms with Gasteiger partial charge in [-0.2, -0.15) is 5.10 Å². The highest BCUT2D eigenvalue weighted by Crippen LogP contribution is 2.17. The Kier molecular flexibility index (Phi) is 4.04. The SMILES string of the molecule is Cc1cncc(N2CCC(NC(=O)c3cnn(C)c3)CC2)n1. The van der Waals surface area contributed by atoms with Gasteiger partial charge in [-0.05, 0) is 19.8 Å². The molecule has 1 fully saturated rings. The zero-order valence-electron chi connectivity index (χ0n) is 12.9. The van der Waals surface area contributed by atoms with Gasteiger partial charge in [0.2, 0.25) is 0 Å². The van der Waals surface area contributed by atoms with Crippen molar-refractivity contribution in [3.8, 4) is 0 Å². The highest BCUT2D eigenvalue weighted by molar-refractivity contribution is 5.93. The summed E-state index contributed by atoms with van der Waals surface area (Å²) in [6.45, 7) is 3.68. The third-order valence-electron chi connectivity index (χ3n) is 3.86. The number of rotatable bonds is 3. The Bertz CT molecular complexity index is 660. The molecule has 22 heavy (non-hydrogen) atoms. The summed E-state index contributed by atoms with van der Waals surface area (Å²) in [5.41, 5.74) is 1.53. The maximum Gasteiger partial charge on any atom is 0.254 e. The van der Waals surface area contributed by atoms with Crippen LogP contribution in [0, 0.1) is 6.92 Å². The lowest BCUT2D eigenvalue weighted by molar-refractivity contribution is 0.0931. The van der Waals surface area contributed by atoms with E-state index in [2.05, 4.69) is 25.3 Å². The molecule has 3 rings (SSSR count). The van der Waals surface area contributed by atoms with Crippen LogP contribution >= 0.6 is 0 Å². The van der Waals surface area contributed by atoms with Crippen LogP contribution in [0.25, 0.3) is 0 Å². The molecule has 1 aliphatic rings. The van der Waals surface area contributed by atoms with Crippen LogP contribution in [0.15, 0.2) is 24.8 Å². The number of anilines is 1. The summed E-state index contributed by atoms with van der Waals surface area (Å²) in [7, 11) is 1.80. The third-order valence-corrected chi connectivity index (χ3v) is 3.86. The van der Waals surface area contributed by atoms with Gasteiger partial charge in [0.25, 0.3) is 5.91 Å². The molecule has 0 saturated carbocycles. The number of carbonyl (C=O) groups excluding carboxylic acids is 1. The predicted octanol–water partition coefficient (Wildman–Crippen LogP) is 0.917. The fourth-order valence-corrected chi connectivity index (χ4v) is 2.66. The lowest BCUT2D eigenvalue weighted by atomic mass is 10.0. The molecule has 0 radical (unpaired) electrons. The summed E-state index contributed by atoms with van der Waals surface area (Å²) in [4.78, 5) is 23.0. The topological polar surface area (TPSA) is 75.9 Å². The number of hydrogen-bond acceptors (Lipinski definition) is 5. The zero-order chi connectivity index (χ0) is 15.5. The minimum atomic E-state index is -0.0538. The second kappa shape index (κ2) is 6.13. The van der Waals surface area contributed by atoms with Crippen LogP contribution in [0.1, 0.15) is 28.9 Å². The summed E-state index contributed by atoms with van der Waals surface area (Å²) in [5, 5.41) is 7.10. The summed E-state index contributed by atoms with van der Waals surface area (Å²) in [6.07, 6.45) is 8.68. The maximum atomic E-state index is 12.1. The second-order valence-electron chi connectivity index (χ2n) is 5.66. The number of amides is 1. The van der Waals surface area contributed by atoms with E-state index in [4.69, 9.17) is 0 Å². The van der Waals surface area contributed by atoms with E-state index >= 15 is 0 Å². The first-order valence-electron chi connectivity index (χ1n) is 7.45. The molecule has 7 heteroatoms. The molecule has 116 valence electrons. The minimum absolute atomic E-state index is 0.0538. The average molecular weight is 300 g/mol. The van der Waals surface area contributed by atoms with Crippen molar-refractivity contribution in [2.24, 2.45) is 7.05 Å². The highest BCUT2D eigenvalue weighted by Gasteiger charge is 2.22. The largest absolute Gasteiger partial charge is 0.355 e. The van der Waals surface area contributed by atoms with Gasteiger partial charge >= 0.3 is 0 Å². The van der Waals surface area contributed by atoms with Gasteiger partial charge in [-0.25, -0.2) is 4.98 Å². The van der Waals surface area contributed by atoms with Crippen molar-refractivity contribution >= 4 is 11.7 Å². The molecule has 1 saturated heterocycles. The first kappa shape index (κ1) is 14.5. The number of aromatic nitrogens is 4. The van der Waals surface area contributed by atoms with Gasteiger partial charge in [-0.15, -0.1) is 0 Å². The lowest BCUT2D eigenvalue weighted by Crippen LogP contribution is -2.45. The number of carbonyl (C=O) groups is 1. The Labute approximate surface area is 129 Å². The maximum absolute atomic E-state index is 12.1. The first-order chi connectivity index (χ1) is 10.6. The Balaban J connectivity index is 1.54. The van der Waals surface area contributed by atoms with E-state index in [-0.39, 0.29) is 11.9 Å². The van der Waals surface area contributed by atoms with E-state index < -0.39 is 0 Å². The van der Waals surface area contributed by atoms with E-state index in [9.17, 15) is 4.79 Å². The van der Waals surface area contributed by atoms with Crippen molar-refractivity contribution in [3.05, 3.63) is 36.0 Å². The Morgan fingerprint density at radius 1 is 1.27 bits per heavy atom. The van der Waals surface area contributed by atoms with Gasteiger partial charge in [0.15, 0.2) is 0 Å². The molecule has 2 aromatic heterocycles. The van der Waals surface area contributed by atoms with E-state index in [1.54, 1.807) is 36.5 Å². The van der Waals surface area contributed by atoms with Crippen LogP contribution in [-0.4, -0.2) is 44.8 Å². The summed E-state index contributed by atoms with van der Waals surface area (Å²) in [5.74, 6) is 0.860. The van der Waals surface area contributed by atoms with Gasteiger partial charge in [-0.1, -0.05) is 0 Å². The zero-order valence-corrected chi connectivity index (χ0v) is 12.9. The molecule has 2 aromatic rings. The molecule has 0 aliphatic carbocycles. The Hall–Kier alpha value is -2.44. The quantitative estimate of drug-likeness (QED) is 0.912. The number of aryl methyl sites for hydroxylation is 2. The van der Waals surface area contributed by atoms with Crippen LogP contribution in [0.2, 0.25) is 0 Å². The van der Waals surface area contributed by atoms with E-state index in [0.717, 1.165) is 37.4 Å². The Morgan fingerprint density at radius 3 is 2.68 bits per heavy atom. The van der Waals surface area contributed by atoms with Crippen molar-refractivity contribution in [3.63, 3.8) is 0 Å². The number of nitrogens with zero attached hydrogens (tertiary/aromatic N) is 5. The Morgan fingerprint density at radius 2 is 2.05 bits per heavy atom. The lowest BCUT2D eigenvalue weighted by Gasteiger charge is -2.33. The van der Waals surface area contributed by atoms with Crippen LogP contribution in [0.4, 0.5) is 5.82 Å². The van der Waals surface area contributed by atoms with Gasteiger partial charge in [0, 0.05) is 38.6 Å².